The van der Waals surface area contributed by atoms with Crippen molar-refractivity contribution in [1.82, 2.24) is 4.98 Å². The third kappa shape index (κ3) is 3.67. The van der Waals surface area contributed by atoms with E-state index in [0.29, 0.717) is 0 Å². The number of hydrogen-bond acceptors (Lipinski definition) is 2. The molecule has 0 N–H and O–H groups in total. The van der Waals surface area contributed by atoms with Crippen molar-refractivity contribution in [3.05, 3.63) is 41.4 Å². The Hall–Kier alpha value is -1.15. The maximum atomic E-state index is 4.70. The van der Waals surface area contributed by atoms with Crippen molar-refractivity contribution in [2.24, 2.45) is 0 Å². The summed E-state index contributed by atoms with van der Waals surface area (Å²) in [6, 6.07) is 10.4. The number of aromatic nitrogens is 1. The van der Waals surface area contributed by atoms with Crippen molar-refractivity contribution in [1.29, 1.82) is 0 Å². The van der Waals surface area contributed by atoms with E-state index in [-0.39, 0.29) is 0 Å². The molecule has 90 valence electrons. The summed E-state index contributed by atoms with van der Waals surface area (Å²) in [6.07, 6.45) is 6.37. The van der Waals surface area contributed by atoms with Crippen LogP contribution in [0.5, 0.6) is 0 Å². The molecular weight excluding hydrogens is 226 g/mol. The van der Waals surface area contributed by atoms with Crippen molar-refractivity contribution < 1.29 is 0 Å². The predicted octanol–water partition coefficient (Wildman–Crippen LogP) is 4.93. The second-order valence-electron chi connectivity index (χ2n) is 4.32. The lowest BCUT2D eigenvalue weighted by molar-refractivity contribution is 0.662. The van der Waals surface area contributed by atoms with Crippen LogP contribution in [-0.2, 0) is 6.42 Å². The van der Waals surface area contributed by atoms with Crippen LogP contribution >= 0.6 is 11.3 Å². The van der Waals surface area contributed by atoms with E-state index < -0.39 is 0 Å². The highest BCUT2D eigenvalue weighted by Gasteiger charge is 2.03. The smallest absolute Gasteiger partial charge is 0.123 e. The van der Waals surface area contributed by atoms with E-state index in [2.05, 4.69) is 36.6 Å². The van der Waals surface area contributed by atoms with Crippen molar-refractivity contribution in [3.8, 4) is 10.6 Å². The van der Waals surface area contributed by atoms with E-state index in [1.807, 2.05) is 6.07 Å². The van der Waals surface area contributed by atoms with Crippen molar-refractivity contribution in [2.75, 3.05) is 0 Å². The molecule has 0 bridgehead atoms. The lowest BCUT2D eigenvalue weighted by Crippen LogP contribution is -1.86. The highest BCUT2D eigenvalue weighted by Crippen LogP contribution is 2.23. The summed E-state index contributed by atoms with van der Waals surface area (Å²) in [6.45, 7) is 2.25. The highest BCUT2D eigenvalue weighted by molar-refractivity contribution is 7.13. The van der Waals surface area contributed by atoms with Crippen LogP contribution in [0.3, 0.4) is 0 Å². The van der Waals surface area contributed by atoms with E-state index in [9.17, 15) is 0 Å². The van der Waals surface area contributed by atoms with Crippen LogP contribution < -0.4 is 0 Å². The van der Waals surface area contributed by atoms with E-state index in [1.54, 1.807) is 11.3 Å². The third-order valence-corrected chi connectivity index (χ3v) is 3.80. The number of rotatable bonds is 6. The first-order chi connectivity index (χ1) is 8.40. The summed E-state index contributed by atoms with van der Waals surface area (Å²) in [4.78, 5) is 4.70. The lowest BCUT2D eigenvalue weighted by Gasteiger charge is -1.97. The number of nitrogens with zero attached hydrogens (tertiary/aromatic N) is 1. The monoisotopic (exact) mass is 245 g/mol. The van der Waals surface area contributed by atoms with Gasteiger partial charge in [-0.2, -0.15) is 0 Å². The molecule has 0 aliphatic rings. The maximum Gasteiger partial charge on any atom is 0.123 e. The highest BCUT2D eigenvalue weighted by atomic mass is 32.1. The fraction of sp³-hybridized carbons (Fsp3) is 0.400. The van der Waals surface area contributed by atoms with Crippen LogP contribution in [-0.4, -0.2) is 4.98 Å². The summed E-state index contributed by atoms with van der Waals surface area (Å²) in [7, 11) is 0. The Bertz CT molecular complexity index is 433. The quantitative estimate of drug-likeness (QED) is 0.657. The van der Waals surface area contributed by atoms with Gasteiger partial charge in [-0.1, -0.05) is 56.5 Å². The van der Waals surface area contributed by atoms with Crippen molar-refractivity contribution in [2.45, 2.75) is 39.0 Å². The van der Waals surface area contributed by atoms with Gasteiger partial charge in [-0.3, -0.25) is 0 Å². The zero-order valence-electron chi connectivity index (χ0n) is 10.4. The minimum atomic E-state index is 1.13. The number of aryl methyl sites for hydroxylation is 1. The van der Waals surface area contributed by atoms with Gasteiger partial charge in [0.2, 0.25) is 0 Å². The summed E-state index contributed by atoms with van der Waals surface area (Å²) in [5.74, 6) is 0. The molecule has 1 nitrogen and oxygen atoms in total. The molecule has 1 aromatic heterocycles. The van der Waals surface area contributed by atoms with Gasteiger partial charge >= 0.3 is 0 Å². The fourth-order valence-electron chi connectivity index (χ4n) is 1.87. The van der Waals surface area contributed by atoms with E-state index in [4.69, 9.17) is 4.98 Å². The van der Waals surface area contributed by atoms with Crippen LogP contribution in [0, 0.1) is 0 Å². The molecule has 1 heterocycles. The minimum absolute atomic E-state index is 1.13. The van der Waals surface area contributed by atoms with E-state index >= 15 is 0 Å². The Kier molecular flexibility index (Phi) is 4.75. The Balaban J connectivity index is 1.92. The molecule has 0 radical (unpaired) electrons. The van der Waals surface area contributed by atoms with Gasteiger partial charge in [-0.15, -0.1) is 11.3 Å². The largest absolute Gasteiger partial charge is 0.241 e. The summed E-state index contributed by atoms with van der Waals surface area (Å²) in [5, 5.41) is 3.35. The standard InChI is InChI=1S/C15H19NS/c1-2-3-4-8-11-14-12-17-15(16-14)13-9-6-5-7-10-13/h5-7,9-10,12H,2-4,8,11H2,1H3. The van der Waals surface area contributed by atoms with Gasteiger partial charge in [-0.05, 0) is 12.8 Å². The molecule has 2 rings (SSSR count). The average Bonchev–Trinajstić information content (AvgIpc) is 2.85. The Morgan fingerprint density at radius 1 is 1.06 bits per heavy atom. The maximum absolute atomic E-state index is 4.70. The van der Waals surface area contributed by atoms with Gasteiger partial charge in [-0.25, -0.2) is 4.98 Å². The summed E-state index contributed by atoms with van der Waals surface area (Å²) in [5.41, 5.74) is 2.49. The normalized spacial score (nSPS) is 10.6. The molecule has 0 unspecified atom stereocenters. The molecule has 2 heteroatoms. The first-order valence-corrected chi connectivity index (χ1v) is 7.28. The molecule has 0 amide bonds. The molecule has 0 spiro atoms. The molecular formula is C15H19NS. The van der Waals surface area contributed by atoms with Crippen molar-refractivity contribution in [3.63, 3.8) is 0 Å². The fourth-order valence-corrected chi connectivity index (χ4v) is 2.73. The van der Waals surface area contributed by atoms with Gasteiger partial charge in [0.25, 0.3) is 0 Å². The first-order valence-electron chi connectivity index (χ1n) is 6.40. The topological polar surface area (TPSA) is 12.9 Å². The number of unbranched alkanes of at least 4 members (excludes halogenated alkanes) is 3. The lowest BCUT2D eigenvalue weighted by atomic mass is 10.1. The van der Waals surface area contributed by atoms with Gasteiger partial charge < -0.3 is 0 Å². The molecule has 0 atom stereocenters. The van der Waals surface area contributed by atoms with Gasteiger partial charge in [0.15, 0.2) is 0 Å². The number of benzene rings is 1. The Labute approximate surface area is 108 Å². The summed E-state index contributed by atoms with van der Waals surface area (Å²) >= 11 is 1.76. The molecule has 17 heavy (non-hydrogen) atoms. The van der Waals surface area contributed by atoms with Gasteiger partial charge in [0.05, 0.1) is 5.69 Å². The first kappa shape index (κ1) is 12.3. The molecule has 0 saturated heterocycles. The van der Waals surface area contributed by atoms with Crippen LogP contribution in [0.25, 0.3) is 10.6 Å². The van der Waals surface area contributed by atoms with Gasteiger partial charge in [0.1, 0.15) is 5.01 Å². The van der Waals surface area contributed by atoms with Crippen LogP contribution in [0.4, 0.5) is 0 Å². The van der Waals surface area contributed by atoms with E-state index in [1.165, 1.54) is 36.9 Å². The minimum Gasteiger partial charge on any atom is -0.241 e. The summed E-state index contributed by atoms with van der Waals surface area (Å²) < 4.78 is 0. The van der Waals surface area contributed by atoms with Gasteiger partial charge in [0, 0.05) is 10.9 Å². The third-order valence-electron chi connectivity index (χ3n) is 2.86. The van der Waals surface area contributed by atoms with Crippen LogP contribution in [0.2, 0.25) is 0 Å². The molecule has 0 fully saturated rings. The number of hydrogen-bond donors (Lipinski definition) is 0. The molecule has 0 saturated carbocycles. The molecule has 0 aliphatic carbocycles. The van der Waals surface area contributed by atoms with E-state index in [0.717, 1.165) is 11.4 Å². The van der Waals surface area contributed by atoms with Crippen LogP contribution in [0.15, 0.2) is 35.7 Å². The average molecular weight is 245 g/mol. The second-order valence-corrected chi connectivity index (χ2v) is 5.18. The number of thiazole rings is 1. The zero-order valence-corrected chi connectivity index (χ0v) is 11.2. The Morgan fingerprint density at radius 3 is 2.65 bits per heavy atom. The zero-order chi connectivity index (χ0) is 11.9. The van der Waals surface area contributed by atoms with Crippen molar-refractivity contribution >= 4 is 11.3 Å². The molecule has 2 aromatic rings. The Morgan fingerprint density at radius 2 is 1.88 bits per heavy atom. The van der Waals surface area contributed by atoms with Crippen LogP contribution in [0.1, 0.15) is 38.3 Å². The second kappa shape index (κ2) is 6.55. The molecule has 1 aromatic carbocycles. The predicted molar refractivity (Wildman–Crippen MR) is 75.4 cm³/mol. The SMILES string of the molecule is CCCCCCc1csc(-c2ccccc2)n1. The molecule has 0 aliphatic heterocycles.